The molecule has 8 heteroatoms. The van der Waals surface area contributed by atoms with E-state index in [1.54, 1.807) is 24.9 Å². The lowest BCUT2D eigenvalue weighted by Crippen LogP contribution is -2.37. The number of pyridine rings is 1. The van der Waals surface area contributed by atoms with E-state index in [0.717, 1.165) is 28.0 Å². The number of carbonyl (C=O) groups is 2. The number of benzene rings is 1. The summed E-state index contributed by atoms with van der Waals surface area (Å²) in [4.78, 5) is 30.8. The zero-order valence-electron chi connectivity index (χ0n) is 18.8. The topological polar surface area (TPSA) is 78.0 Å². The molecular weight excluding hydrogens is 444 g/mol. The van der Waals surface area contributed by atoms with Crippen molar-refractivity contribution in [3.05, 3.63) is 69.5 Å². The molecule has 1 saturated heterocycles. The van der Waals surface area contributed by atoms with Gasteiger partial charge in [0.2, 0.25) is 0 Å². The maximum Gasteiger partial charge on any atom is 0.508 e. The molecule has 0 bridgehead atoms. The highest BCUT2D eigenvalue weighted by atomic mass is 35.5. The highest BCUT2D eigenvalue weighted by Crippen LogP contribution is 2.42. The largest absolute Gasteiger partial charge is 0.508 e. The standard InChI is InChI=1S/C25H27ClN2O5/c1-3-31-24(29)28-12-9-16(10-13-28)22-19-8-7-18(26)14-17(19)15-21(33-25(30)32-4-2)20-6-5-11-27-23(20)22/h5-8,11,14,21H,3-4,9-10,12-13,15H2,1-2H3. The molecule has 2 aliphatic rings. The number of ether oxygens (including phenoxy) is 3. The molecule has 1 aliphatic carbocycles. The van der Waals surface area contributed by atoms with E-state index in [0.29, 0.717) is 44.0 Å². The molecule has 1 aromatic heterocycles. The van der Waals surface area contributed by atoms with E-state index < -0.39 is 12.3 Å². The van der Waals surface area contributed by atoms with Gasteiger partial charge in [-0.1, -0.05) is 29.3 Å². The summed E-state index contributed by atoms with van der Waals surface area (Å²) in [5.74, 6) is 0. The van der Waals surface area contributed by atoms with E-state index in [4.69, 9.17) is 30.8 Å². The summed E-state index contributed by atoms with van der Waals surface area (Å²) >= 11 is 6.34. The van der Waals surface area contributed by atoms with Crippen molar-refractivity contribution < 1.29 is 23.8 Å². The average molecular weight is 471 g/mol. The van der Waals surface area contributed by atoms with Crippen LogP contribution in [-0.2, 0) is 20.6 Å². The SMILES string of the molecule is CCOC(=O)OC1Cc2cc(Cl)ccc2C(=C2CCN(C(=O)OCC)CC2)c2ncccc21. The van der Waals surface area contributed by atoms with Gasteiger partial charge < -0.3 is 19.1 Å². The quantitative estimate of drug-likeness (QED) is 0.546. The number of hydrogen-bond acceptors (Lipinski definition) is 6. The van der Waals surface area contributed by atoms with Crippen molar-refractivity contribution in [2.24, 2.45) is 0 Å². The van der Waals surface area contributed by atoms with Gasteiger partial charge in [0.15, 0.2) is 0 Å². The molecule has 33 heavy (non-hydrogen) atoms. The van der Waals surface area contributed by atoms with Gasteiger partial charge in [0.1, 0.15) is 6.10 Å². The van der Waals surface area contributed by atoms with Crippen molar-refractivity contribution in [2.75, 3.05) is 26.3 Å². The number of amides is 1. The van der Waals surface area contributed by atoms with Crippen LogP contribution >= 0.6 is 11.6 Å². The number of nitrogens with zero attached hydrogens (tertiary/aromatic N) is 2. The maximum atomic E-state index is 12.2. The second-order valence-corrected chi connectivity index (χ2v) is 8.34. The van der Waals surface area contributed by atoms with Gasteiger partial charge in [-0.2, -0.15) is 0 Å². The van der Waals surface area contributed by atoms with Gasteiger partial charge in [-0.25, -0.2) is 9.59 Å². The third-order valence-electron chi connectivity index (χ3n) is 5.91. The number of carbonyl (C=O) groups excluding carboxylic acids is 2. The molecule has 0 spiro atoms. The molecule has 2 aromatic rings. The Morgan fingerprint density at radius 2 is 1.88 bits per heavy atom. The van der Waals surface area contributed by atoms with E-state index in [1.165, 1.54) is 5.57 Å². The fourth-order valence-electron chi connectivity index (χ4n) is 4.45. The van der Waals surface area contributed by atoms with E-state index in [9.17, 15) is 9.59 Å². The highest BCUT2D eigenvalue weighted by molar-refractivity contribution is 6.30. The summed E-state index contributed by atoms with van der Waals surface area (Å²) < 4.78 is 15.9. The third kappa shape index (κ3) is 4.98. The van der Waals surface area contributed by atoms with E-state index in [-0.39, 0.29) is 12.7 Å². The van der Waals surface area contributed by atoms with Crippen molar-refractivity contribution in [1.29, 1.82) is 0 Å². The zero-order valence-corrected chi connectivity index (χ0v) is 19.6. The minimum atomic E-state index is -0.709. The van der Waals surface area contributed by atoms with Crippen LogP contribution in [0.15, 0.2) is 42.1 Å². The number of piperidine rings is 1. The van der Waals surface area contributed by atoms with Crippen LogP contribution in [0, 0.1) is 0 Å². The normalized spacial score (nSPS) is 17.5. The summed E-state index contributed by atoms with van der Waals surface area (Å²) in [6.45, 7) is 5.29. The first-order valence-electron chi connectivity index (χ1n) is 11.2. The third-order valence-corrected chi connectivity index (χ3v) is 6.15. The fourth-order valence-corrected chi connectivity index (χ4v) is 4.65. The zero-order chi connectivity index (χ0) is 23.4. The lowest BCUT2D eigenvalue weighted by molar-refractivity contribution is 0.0256. The van der Waals surface area contributed by atoms with E-state index in [2.05, 4.69) is 0 Å². The van der Waals surface area contributed by atoms with Crippen LogP contribution in [0.2, 0.25) is 5.02 Å². The predicted octanol–water partition coefficient (Wildman–Crippen LogP) is 5.56. The van der Waals surface area contributed by atoms with Crippen molar-refractivity contribution in [2.45, 2.75) is 39.2 Å². The first-order chi connectivity index (χ1) is 16.0. The summed E-state index contributed by atoms with van der Waals surface area (Å²) in [5.41, 5.74) is 5.84. The first-order valence-corrected chi connectivity index (χ1v) is 11.6. The number of fused-ring (bicyclic) bond motifs is 2. The molecule has 0 saturated carbocycles. The number of rotatable bonds is 3. The van der Waals surface area contributed by atoms with Crippen LogP contribution in [0.3, 0.4) is 0 Å². The van der Waals surface area contributed by atoms with Crippen LogP contribution in [0.1, 0.15) is 55.2 Å². The molecule has 1 atom stereocenters. The van der Waals surface area contributed by atoms with Crippen LogP contribution in [-0.4, -0.2) is 48.4 Å². The Balaban J connectivity index is 1.78. The van der Waals surface area contributed by atoms with E-state index >= 15 is 0 Å². The van der Waals surface area contributed by atoms with Gasteiger partial charge in [0.25, 0.3) is 0 Å². The minimum absolute atomic E-state index is 0.236. The number of hydrogen-bond donors (Lipinski definition) is 0. The average Bonchev–Trinajstić information content (AvgIpc) is 2.94. The molecule has 174 valence electrons. The smallest absolute Gasteiger partial charge is 0.450 e. The second kappa shape index (κ2) is 10.3. The maximum absolute atomic E-state index is 12.2. The molecule has 1 unspecified atom stereocenters. The molecule has 0 radical (unpaired) electrons. The van der Waals surface area contributed by atoms with Crippen molar-refractivity contribution in [3.8, 4) is 0 Å². The molecule has 2 heterocycles. The molecule has 7 nitrogen and oxygen atoms in total. The van der Waals surface area contributed by atoms with E-state index in [1.807, 2.05) is 30.3 Å². The van der Waals surface area contributed by atoms with Crippen molar-refractivity contribution >= 4 is 29.4 Å². The molecular formula is C25H27ClN2O5. The fraction of sp³-hybridized carbons (Fsp3) is 0.400. The molecule has 0 N–H and O–H groups in total. The summed E-state index contributed by atoms with van der Waals surface area (Å²) in [7, 11) is 0. The van der Waals surface area contributed by atoms with Gasteiger partial charge in [0, 0.05) is 41.9 Å². The Kier molecular flexibility index (Phi) is 7.18. The van der Waals surface area contributed by atoms with Crippen molar-refractivity contribution in [1.82, 2.24) is 9.88 Å². The Morgan fingerprint density at radius 1 is 1.12 bits per heavy atom. The molecule has 1 aliphatic heterocycles. The predicted molar refractivity (Wildman–Crippen MR) is 124 cm³/mol. The summed E-state index contributed by atoms with van der Waals surface area (Å²) in [6, 6.07) is 9.56. The Labute approximate surface area is 198 Å². The Morgan fingerprint density at radius 3 is 2.61 bits per heavy atom. The van der Waals surface area contributed by atoms with Gasteiger partial charge in [-0.3, -0.25) is 4.98 Å². The summed E-state index contributed by atoms with van der Waals surface area (Å²) in [6.07, 6.45) is 2.07. The Bertz CT molecular complexity index is 1070. The lowest BCUT2D eigenvalue weighted by atomic mass is 9.88. The molecule has 1 fully saturated rings. The van der Waals surface area contributed by atoms with Gasteiger partial charge in [-0.05, 0) is 56.0 Å². The van der Waals surface area contributed by atoms with Crippen LogP contribution < -0.4 is 0 Å². The number of halogens is 1. The second-order valence-electron chi connectivity index (χ2n) is 7.90. The Hall–Kier alpha value is -3.06. The molecule has 1 amide bonds. The van der Waals surface area contributed by atoms with Gasteiger partial charge in [-0.15, -0.1) is 0 Å². The first kappa shape index (κ1) is 23.1. The number of likely N-dealkylation sites (tertiary alicyclic amines) is 1. The highest BCUT2D eigenvalue weighted by Gasteiger charge is 2.32. The van der Waals surface area contributed by atoms with Crippen molar-refractivity contribution in [3.63, 3.8) is 0 Å². The van der Waals surface area contributed by atoms with Gasteiger partial charge in [0.05, 0.1) is 18.9 Å². The van der Waals surface area contributed by atoms with Crippen LogP contribution in [0.5, 0.6) is 0 Å². The number of aromatic nitrogens is 1. The minimum Gasteiger partial charge on any atom is -0.450 e. The van der Waals surface area contributed by atoms with Crippen LogP contribution in [0.4, 0.5) is 9.59 Å². The molecule has 4 rings (SSSR count). The molecule has 1 aromatic carbocycles. The lowest BCUT2D eigenvalue weighted by Gasteiger charge is -2.29. The summed E-state index contributed by atoms with van der Waals surface area (Å²) in [5, 5.41) is 0.615. The van der Waals surface area contributed by atoms with Gasteiger partial charge >= 0.3 is 12.2 Å². The monoisotopic (exact) mass is 470 g/mol. The van der Waals surface area contributed by atoms with Crippen LogP contribution in [0.25, 0.3) is 5.57 Å².